The first-order chi connectivity index (χ1) is 11.1. The third-order valence-corrected chi connectivity index (χ3v) is 5.50. The Hall–Kier alpha value is -1.18. The molecule has 0 N–H and O–H groups in total. The van der Waals surface area contributed by atoms with Gasteiger partial charge < -0.3 is 14.2 Å². The summed E-state index contributed by atoms with van der Waals surface area (Å²) in [6.07, 6.45) is -2.61. The van der Waals surface area contributed by atoms with Gasteiger partial charge in [0.1, 0.15) is 17.3 Å². The Morgan fingerprint density at radius 1 is 1.50 bits per heavy atom. The third-order valence-electron chi connectivity index (χ3n) is 5.50. The average molecular weight is 346 g/mol. The van der Waals surface area contributed by atoms with E-state index in [1.165, 1.54) is 13.2 Å². The van der Waals surface area contributed by atoms with Gasteiger partial charge in [-0.2, -0.15) is 13.2 Å². The fourth-order valence-electron chi connectivity index (χ4n) is 3.80. The molecule has 0 radical (unpaired) electrons. The third kappa shape index (κ3) is 2.62. The molecule has 134 valence electrons. The maximum Gasteiger partial charge on any atom is 0.412 e. The summed E-state index contributed by atoms with van der Waals surface area (Å²) in [5, 5.41) is 0. The summed E-state index contributed by atoms with van der Waals surface area (Å²) in [5.41, 5.74) is -1.16. The van der Waals surface area contributed by atoms with Crippen LogP contribution in [0.15, 0.2) is 23.3 Å². The first-order valence-electron chi connectivity index (χ1n) is 7.87. The van der Waals surface area contributed by atoms with Crippen molar-refractivity contribution in [1.29, 1.82) is 0 Å². The number of epoxide rings is 2. The van der Waals surface area contributed by atoms with E-state index in [1.54, 1.807) is 0 Å². The van der Waals surface area contributed by atoms with Gasteiger partial charge in [-0.15, -0.1) is 0 Å². The quantitative estimate of drug-likeness (QED) is 0.580. The van der Waals surface area contributed by atoms with E-state index in [2.05, 4.69) is 0 Å². The molecule has 0 unspecified atom stereocenters. The first-order valence-corrected chi connectivity index (χ1v) is 7.87. The van der Waals surface area contributed by atoms with Gasteiger partial charge in [-0.25, -0.2) is 0 Å². The van der Waals surface area contributed by atoms with Gasteiger partial charge in [0, 0.05) is 12.7 Å². The van der Waals surface area contributed by atoms with E-state index in [4.69, 9.17) is 14.2 Å². The highest BCUT2D eigenvalue weighted by Crippen LogP contribution is 2.59. The Bertz CT molecular complexity index is 618. The molecule has 0 saturated carbocycles. The van der Waals surface area contributed by atoms with Crippen LogP contribution < -0.4 is 0 Å². The maximum atomic E-state index is 12.6. The minimum Gasteiger partial charge on any atom is -0.373 e. The summed E-state index contributed by atoms with van der Waals surface area (Å²) < 4.78 is 54.7. The van der Waals surface area contributed by atoms with Crippen LogP contribution in [-0.4, -0.2) is 49.1 Å². The summed E-state index contributed by atoms with van der Waals surface area (Å²) in [7, 11) is 1.45. The number of allylic oxidation sites excluding steroid dienone is 1. The fraction of sp³-hybridized carbons (Fsp3) is 0.706. The average Bonchev–Trinajstić information content (AvgIpc) is 3.37. The number of carbonyl (C=O) groups is 1. The van der Waals surface area contributed by atoms with Gasteiger partial charge in [0.05, 0.1) is 18.6 Å². The van der Waals surface area contributed by atoms with Crippen LogP contribution in [0.3, 0.4) is 0 Å². The van der Waals surface area contributed by atoms with Crippen LogP contribution in [0.5, 0.6) is 0 Å². The molecule has 0 amide bonds. The molecule has 24 heavy (non-hydrogen) atoms. The zero-order valence-corrected chi connectivity index (χ0v) is 14.1. The molecule has 3 aliphatic rings. The number of carbonyl (C=O) groups excluding carboxylic acids is 1. The second-order valence-electron chi connectivity index (χ2n) is 6.95. The smallest absolute Gasteiger partial charge is 0.373 e. The zero-order valence-electron chi connectivity index (χ0n) is 14.1. The van der Waals surface area contributed by atoms with Crippen LogP contribution in [0.1, 0.15) is 27.2 Å². The van der Waals surface area contributed by atoms with Crippen molar-refractivity contribution >= 4 is 5.78 Å². The first kappa shape index (κ1) is 17.6. The van der Waals surface area contributed by atoms with Gasteiger partial charge in [-0.05, 0) is 38.8 Å². The van der Waals surface area contributed by atoms with Gasteiger partial charge in [0.2, 0.25) is 0 Å². The van der Waals surface area contributed by atoms with E-state index in [0.717, 1.165) is 18.6 Å². The normalized spacial score (nSPS) is 42.3. The number of rotatable bonds is 4. The molecule has 5 atom stereocenters. The van der Waals surface area contributed by atoms with E-state index < -0.39 is 35.2 Å². The topological polar surface area (TPSA) is 51.4 Å². The Balaban J connectivity index is 1.81. The standard InChI is InChI=1S/C17H21F3O4/c1-9(17(18,19)20)5-6-12-15(3,24-12)14-13(22-4)11(21)7-10(2)16(14)8-23-16/h5,7,12-14H,6,8H2,1-4H3/b9-5+/t12-,13-,14-,15-,16-/m1/s1. The number of ketones is 1. The van der Waals surface area contributed by atoms with Crippen LogP contribution in [0.2, 0.25) is 0 Å². The predicted molar refractivity (Wildman–Crippen MR) is 79.4 cm³/mol. The second-order valence-corrected chi connectivity index (χ2v) is 6.95. The molecule has 2 fully saturated rings. The lowest BCUT2D eigenvalue weighted by molar-refractivity contribution is -0.132. The summed E-state index contributed by atoms with van der Waals surface area (Å²) in [6, 6.07) is 0. The van der Waals surface area contributed by atoms with Gasteiger partial charge >= 0.3 is 6.18 Å². The largest absolute Gasteiger partial charge is 0.412 e. The number of methoxy groups -OCH3 is 1. The van der Waals surface area contributed by atoms with Crippen molar-refractivity contribution in [2.45, 2.75) is 56.8 Å². The SMILES string of the molecule is CO[C@@H]1C(=O)C=C(C)[C@]2(CO2)[C@H]1[C@]1(C)O[C@@H]1C/C=C(\C)C(F)(F)F. The molecular formula is C17H21F3O4. The van der Waals surface area contributed by atoms with Crippen LogP contribution in [0.25, 0.3) is 0 Å². The molecule has 2 heterocycles. The molecule has 0 aromatic carbocycles. The van der Waals surface area contributed by atoms with Crippen molar-refractivity contribution in [3.63, 3.8) is 0 Å². The van der Waals surface area contributed by atoms with Crippen molar-refractivity contribution < 1.29 is 32.2 Å². The Labute approximate surface area is 138 Å². The summed E-state index contributed by atoms with van der Waals surface area (Å²) in [6.45, 7) is 5.16. The lowest BCUT2D eigenvalue weighted by Crippen LogP contribution is -2.52. The van der Waals surface area contributed by atoms with E-state index in [-0.39, 0.29) is 18.1 Å². The van der Waals surface area contributed by atoms with Gasteiger partial charge in [-0.3, -0.25) is 4.79 Å². The molecule has 7 heteroatoms. The highest BCUT2D eigenvalue weighted by Gasteiger charge is 2.72. The van der Waals surface area contributed by atoms with Crippen molar-refractivity contribution in [2.75, 3.05) is 13.7 Å². The minimum absolute atomic E-state index is 0.141. The number of ether oxygens (including phenoxy) is 3. The molecule has 0 aromatic rings. The summed E-state index contributed by atoms with van der Waals surface area (Å²) in [4.78, 5) is 12.3. The maximum absolute atomic E-state index is 12.6. The Kier molecular flexibility index (Phi) is 3.97. The monoisotopic (exact) mass is 346 g/mol. The van der Waals surface area contributed by atoms with Crippen molar-refractivity contribution in [1.82, 2.24) is 0 Å². The number of halogens is 3. The lowest BCUT2D eigenvalue weighted by atomic mass is 9.69. The summed E-state index contributed by atoms with van der Waals surface area (Å²) in [5.74, 6) is -0.518. The molecule has 0 bridgehead atoms. The Morgan fingerprint density at radius 2 is 2.12 bits per heavy atom. The van der Waals surface area contributed by atoms with Crippen LogP contribution >= 0.6 is 0 Å². The highest BCUT2D eigenvalue weighted by molar-refractivity contribution is 5.96. The van der Waals surface area contributed by atoms with Crippen molar-refractivity contribution in [2.24, 2.45) is 5.92 Å². The number of hydrogen-bond acceptors (Lipinski definition) is 4. The van der Waals surface area contributed by atoms with Crippen molar-refractivity contribution in [3.05, 3.63) is 23.3 Å². The van der Waals surface area contributed by atoms with Gasteiger partial charge in [-0.1, -0.05) is 6.08 Å². The molecule has 1 aliphatic carbocycles. The number of alkyl halides is 3. The van der Waals surface area contributed by atoms with Gasteiger partial charge in [0.25, 0.3) is 0 Å². The fourth-order valence-corrected chi connectivity index (χ4v) is 3.80. The van der Waals surface area contributed by atoms with Crippen LogP contribution in [-0.2, 0) is 19.0 Å². The second kappa shape index (κ2) is 5.41. The molecule has 3 rings (SSSR count). The molecule has 2 saturated heterocycles. The van der Waals surface area contributed by atoms with E-state index in [9.17, 15) is 18.0 Å². The lowest BCUT2D eigenvalue weighted by Gasteiger charge is -2.36. The van der Waals surface area contributed by atoms with Gasteiger partial charge in [0.15, 0.2) is 5.78 Å². The van der Waals surface area contributed by atoms with E-state index in [0.29, 0.717) is 6.61 Å². The molecule has 2 aliphatic heterocycles. The molecule has 4 nitrogen and oxygen atoms in total. The molecular weight excluding hydrogens is 325 g/mol. The van der Waals surface area contributed by atoms with Crippen LogP contribution in [0, 0.1) is 5.92 Å². The van der Waals surface area contributed by atoms with E-state index >= 15 is 0 Å². The zero-order chi connectivity index (χ0) is 17.9. The predicted octanol–water partition coefficient (Wildman–Crippen LogP) is 2.97. The molecule has 1 spiro atoms. The highest BCUT2D eigenvalue weighted by atomic mass is 19.4. The number of hydrogen-bond donors (Lipinski definition) is 0. The van der Waals surface area contributed by atoms with E-state index in [1.807, 2.05) is 13.8 Å². The molecule has 0 aromatic heterocycles. The minimum atomic E-state index is -4.33. The Morgan fingerprint density at radius 3 is 2.62 bits per heavy atom. The van der Waals surface area contributed by atoms with Crippen LogP contribution in [0.4, 0.5) is 13.2 Å². The van der Waals surface area contributed by atoms with Crippen molar-refractivity contribution in [3.8, 4) is 0 Å². The summed E-state index contributed by atoms with van der Waals surface area (Å²) >= 11 is 0.